The first-order valence-corrected chi connectivity index (χ1v) is 28.1. The summed E-state index contributed by atoms with van der Waals surface area (Å²) in [5.41, 5.74) is 17.5. The van der Waals surface area contributed by atoms with Crippen LogP contribution in [0.25, 0.3) is 5.57 Å². The first-order chi connectivity index (χ1) is 32.6. The normalized spacial score (nSPS) is 18.6. The molecule has 3 fully saturated rings. The molecule has 5 aromatic rings. The summed E-state index contributed by atoms with van der Waals surface area (Å²) in [4.78, 5) is 33.0. The lowest BCUT2D eigenvalue weighted by atomic mass is 9.96. The van der Waals surface area contributed by atoms with Gasteiger partial charge in [0.2, 0.25) is 0 Å². The van der Waals surface area contributed by atoms with Crippen LogP contribution in [0.4, 0.5) is 0 Å². The molecule has 11 heteroatoms. The van der Waals surface area contributed by atoms with Crippen molar-refractivity contribution >= 4 is 79.0 Å². The molecule has 8 aliphatic carbocycles. The SMILES string of the molecule is Brc1cccc2c1CCC21CC1.C=C1CCc2c(Br)cccc21.COP(C)(=O)OC.O=C(O)c1cccc2c1CCC21CC1.O=C1CCc2c(Br)cccc21.O=Cc1cccc2c1CCC21CC1. The Kier molecular flexibility index (Phi) is 15.6. The molecule has 3 saturated carbocycles. The standard InChI is InChI=1S/C12H12O2.C12H12O.C11H11Br.C10H9Br.C9H7BrO.C3H9O3P/c13-11(14)9-2-1-3-10-8(9)4-5-12(10)6-7-12;13-8-9-2-1-3-11-10(9)4-5-12(11)6-7-12;12-10-3-1-2-9-8(10)4-5-11(9)6-7-11;1-7-5-6-9-8(7)3-2-4-10(9)11;10-8-3-1-2-7-6(8)4-5-9(7)11;1-5-7(3,4)6-2/h1-3H,4-7H2,(H,13,14);1-3,8H,4-7H2;1-3H,4-7H2;2-4H,1,5-6H2;1-3H,4-5H2;1-3H3. The number of aldehydes is 1. The number of halogens is 3. The van der Waals surface area contributed by atoms with Crippen molar-refractivity contribution < 1.29 is 33.1 Å². The molecule has 0 amide bonds. The molecule has 13 rings (SSSR count). The van der Waals surface area contributed by atoms with Gasteiger partial charge in [0.05, 0.1) is 5.56 Å². The second-order valence-corrected chi connectivity index (χ2v) is 24.3. The number of hydrogen-bond acceptors (Lipinski definition) is 6. The Balaban J connectivity index is 0.000000112. The Bertz CT molecular complexity index is 2750. The zero-order valence-corrected chi connectivity index (χ0v) is 44.9. The number of fused-ring (bicyclic) bond motifs is 8. The summed E-state index contributed by atoms with van der Waals surface area (Å²) in [7, 11) is 0.0486. The summed E-state index contributed by atoms with van der Waals surface area (Å²) in [6.07, 6.45) is 20.1. The molecule has 0 aromatic heterocycles. The van der Waals surface area contributed by atoms with E-state index in [9.17, 15) is 18.9 Å². The van der Waals surface area contributed by atoms with Crippen LogP contribution in [0.2, 0.25) is 0 Å². The molecule has 3 spiro atoms. The lowest BCUT2D eigenvalue weighted by molar-refractivity contribution is 0.0695. The van der Waals surface area contributed by atoms with E-state index in [1.54, 1.807) is 17.2 Å². The van der Waals surface area contributed by atoms with Crippen molar-refractivity contribution in [3.63, 3.8) is 0 Å². The van der Waals surface area contributed by atoms with Crippen molar-refractivity contribution in [1.29, 1.82) is 0 Å². The van der Waals surface area contributed by atoms with Gasteiger partial charge in [-0.25, -0.2) is 4.79 Å². The van der Waals surface area contributed by atoms with Gasteiger partial charge in [0.1, 0.15) is 6.29 Å². The van der Waals surface area contributed by atoms with Crippen molar-refractivity contribution in [3.8, 4) is 0 Å². The molecule has 0 bridgehead atoms. The smallest absolute Gasteiger partial charge is 0.335 e. The van der Waals surface area contributed by atoms with E-state index < -0.39 is 13.6 Å². The molecular formula is C57H60Br3O7P. The van der Waals surface area contributed by atoms with E-state index in [0.29, 0.717) is 28.2 Å². The number of ketones is 1. The van der Waals surface area contributed by atoms with Gasteiger partial charge >= 0.3 is 13.6 Å². The third-order valence-corrected chi connectivity index (χ3v) is 19.1. The Morgan fingerprint density at radius 2 is 1.00 bits per heavy atom. The summed E-state index contributed by atoms with van der Waals surface area (Å²) in [6, 6.07) is 30.7. The number of carboxylic acids is 1. The number of carbonyl (C=O) groups excluding carboxylic acids is 2. The summed E-state index contributed by atoms with van der Waals surface area (Å²) < 4.78 is 23.0. The molecule has 5 aromatic carbocycles. The monoisotopic (exact) mass is 1120 g/mol. The predicted molar refractivity (Wildman–Crippen MR) is 283 cm³/mol. The molecule has 0 atom stereocenters. The second kappa shape index (κ2) is 20.9. The molecule has 0 heterocycles. The van der Waals surface area contributed by atoms with E-state index in [1.165, 1.54) is 127 Å². The van der Waals surface area contributed by atoms with Crippen molar-refractivity contribution in [2.24, 2.45) is 0 Å². The van der Waals surface area contributed by atoms with Gasteiger partial charge in [0.25, 0.3) is 0 Å². The van der Waals surface area contributed by atoms with Crippen molar-refractivity contribution in [3.05, 3.63) is 178 Å². The van der Waals surface area contributed by atoms with E-state index in [2.05, 4.69) is 112 Å². The van der Waals surface area contributed by atoms with Crippen LogP contribution < -0.4 is 0 Å². The topological polar surface area (TPSA) is 107 Å². The predicted octanol–water partition coefficient (Wildman–Crippen LogP) is 15.4. The minimum absolute atomic E-state index is 0.279. The van der Waals surface area contributed by atoms with Crippen LogP contribution in [0.3, 0.4) is 0 Å². The zero-order valence-electron chi connectivity index (χ0n) is 39.2. The number of aromatic carboxylic acids is 1. The summed E-state index contributed by atoms with van der Waals surface area (Å²) >= 11 is 10.6. The fourth-order valence-electron chi connectivity index (χ4n) is 10.9. The van der Waals surface area contributed by atoms with Gasteiger partial charge in [-0.3, -0.25) is 14.2 Å². The highest BCUT2D eigenvalue weighted by molar-refractivity contribution is 9.11. The molecule has 0 unspecified atom stereocenters. The van der Waals surface area contributed by atoms with E-state index in [0.717, 1.165) is 66.0 Å². The van der Waals surface area contributed by atoms with Crippen LogP contribution in [0.5, 0.6) is 0 Å². The summed E-state index contributed by atoms with van der Waals surface area (Å²) in [5, 5.41) is 9.04. The Morgan fingerprint density at radius 3 is 1.49 bits per heavy atom. The van der Waals surface area contributed by atoms with Crippen LogP contribution in [-0.4, -0.2) is 44.0 Å². The average molecular weight is 1130 g/mol. The number of carbonyl (C=O) groups is 3. The maximum atomic E-state index is 11.2. The third-order valence-electron chi connectivity index (χ3n) is 15.6. The molecule has 0 aliphatic heterocycles. The molecule has 0 radical (unpaired) electrons. The van der Waals surface area contributed by atoms with Crippen LogP contribution in [0.1, 0.15) is 152 Å². The number of allylic oxidation sites excluding steroid dienone is 1. The largest absolute Gasteiger partial charge is 0.478 e. The zero-order chi connectivity index (χ0) is 48.4. The quantitative estimate of drug-likeness (QED) is 0.141. The Labute approximate surface area is 426 Å². The minimum Gasteiger partial charge on any atom is -0.478 e. The fourth-order valence-corrected chi connectivity index (χ4v) is 12.8. The maximum absolute atomic E-state index is 11.2. The lowest BCUT2D eigenvalue weighted by Gasteiger charge is -2.08. The number of hydrogen-bond donors (Lipinski definition) is 1. The lowest BCUT2D eigenvalue weighted by Crippen LogP contribution is -2.04. The molecular weight excluding hydrogens is 1070 g/mol. The first-order valence-electron chi connectivity index (χ1n) is 23.8. The van der Waals surface area contributed by atoms with E-state index in [4.69, 9.17) is 5.11 Å². The Morgan fingerprint density at radius 1 is 0.574 bits per heavy atom. The number of rotatable bonds is 4. The number of Topliss-reactive ketones (excluding diaryl/α,β-unsaturated/α-hetero) is 1. The molecule has 8 aliphatic rings. The maximum Gasteiger partial charge on any atom is 0.335 e. The molecule has 68 heavy (non-hydrogen) atoms. The highest BCUT2D eigenvalue weighted by Crippen LogP contribution is 2.59. The van der Waals surface area contributed by atoms with Crippen LogP contribution in [0.15, 0.2) is 111 Å². The molecule has 1 N–H and O–H groups in total. The first kappa shape index (κ1) is 50.6. The van der Waals surface area contributed by atoms with Crippen molar-refractivity contribution in [2.75, 3.05) is 20.9 Å². The summed E-state index contributed by atoms with van der Waals surface area (Å²) in [6.45, 7) is 5.43. The van der Waals surface area contributed by atoms with Gasteiger partial charge in [-0.2, -0.15) is 0 Å². The Hall–Kier alpha value is -3.76. The number of carboxylic acid groups (broad SMARTS) is 1. The summed E-state index contributed by atoms with van der Waals surface area (Å²) in [5.74, 6) is -0.499. The highest BCUT2D eigenvalue weighted by atomic mass is 79.9. The van der Waals surface area contributed by atoms with Crippen LogP contribution in [-0.2, 0) is 62.0 Å². The van der Waals surface area contributed by atoms with Crippen molar-refractivity contribution in [1.82, 2.24) is 0 Å². The molecule has 356 valence electrons. The van der Waals surface area contributed by atoms with E-state index in [-0.39, 0.29) is 5.78 Å². The fraction of sp³-hybridized carbons (Fsp3) is 0.386. The number of benzene rings is 5. The van der Waals surface area contributed by atoms with Gasteiger partial charge < -0.3 is 14.2 Å². The average Bonchev–Trinajstić information content (AvgIpc) is 4.28. The van der Waals surface area contributed by atoms with Gasteiger partial charge in [-0.05, 0) is 192 Å². The van der Waals surface area contributed by atoms with Crippen LogP contribution >= 0.6 is 55.4 Å². The van der Waals surface area contributed by atoms with Crippen LogP contribution in [0, 0.1) is 0 Å². The van der Waals surface area contributed by atoms with Gasteiger partial charge in [0.15, 0.2) is 5.78 Å². The van der Waals surface area contributed by atoms with E-state index in [1.807, 2.05) is 36.4 Å². The molecule has 0 saturated heterocycles. The second-order valence-electron chi connectivity index (χ2n) is 19.4. The third kappa shape index (κ3) is 10.8. The minimum atomic E-state index is -2.65. The van der Waals surface area contributed by atoms with E-state index >= 15 is 0 Å². The van der Waals surface area contributed by atoms with Gasteiger partial charge in [-0.15, -0.1) is 0 Å². The van der Waals surface area contributed by atoms with Gasteiger partial charge in [-0.1, -0.05) is 121 Å². The van der Waals surface area contributed by atoms with Crippen molar-refractivity contribution in [2.45, 2.75) is 119 Å². The molecule has 7 nitrogen and oxygen atoms in total. The highest BCUT2D eigenvalue weighted by Gasteiger charge is 2.50. The van der Waals surface area contributed by atoms with Gasteiger partial charge in [0, 0.05) is 51.9 Å².